The molecule has 0 aliphatic carbocycles. The number of nitrogens with two attached hydrogens (primary N) is 1. The smallest absolute Gasteiger partial charge is 0.145 e. The van der Waals surface area contributed by atoms with Gasteiger partial charge < -0.3 is 5.73 Å². The normalized spacial score (nSPS) is 12.9. The Morgan fingerprint density at radius 1 is 1.31 bits per heavy atom. The summed E-state index contributed by atoms with van der Waals surface area (Å²) in [6.45, 7) is 4.98. The van der Waals surface area contributed by atoms with E-state index in [9.17, 15) is 0 Å². The van der Waals surface area contributed by atoms with Crippen molar-refractivity contribution in [2.24, 2.45) is 0 Å². The Kier molecular flexibility index (Phi) is 2.94. The molecule has 2 N–H and O–H groups in total. The lowest BCUT2D eigenvalue weighted by atomic mass is 10.3. The highest BCUT2D eigenvalue weighted by molar-refractivity contribution is 5.24. The van der Waals surface area contributed by atoms with Gasteiger partial charge in [0.2, 0.25) is 0 Å². The number of anilines is 1. The van der Waals surface area contributed by atoms with Crippen LogP contribution >= 0.6 is 0 Å². The van der Waals surface area contributed by atoms with E-state index in [-0.39, 0.29) is 0 Å². The zero-order valence-electron chi connectivity index (χ0n) is 9.67. The maximum Gasteiger partial charge on any atom is 0.145 e. The Labute approximate surface area is 94.9 Å². The van der Waals surface area contributed by atoms with Gasteiger partial charge in [-0.2, -0.15) is 10.2 Å². The first-order valence-corrected chi connectivity index (χ1v) is 5.52. The molecule has 16 heavy (non-hydrogen) atoms. The van der Waals surface area contributed by atoms with Crippen molar-refractivity contribution in [3.63, 3.8) is 0 Å². The number of hydrogen-bond acceptors (Lipinski definition) is 3. The molecule has 2 aromatic heterocycles. The third kappa shape index (κ3) is 2.24. The predicted octanol–water partition coefficient (Wildman–Crippen LogP) is 1.68. The van der Waals surface area contributed by atoms with Crippen LogP contribution in [0.25, 0.3) is 0 Å². The molecule has 2 aromatic rings. The highest BCUT2D eigenvalue weighted by Crippen LogP contribution is 2.10. The van der Waals surface area contributed by atoms with Gasteiger partial charge in [-0.05, 0) is 25.5 Å². The van der Waals surface area contributed by atoms with E-state index in [2.05, 4.69) is 24.0 Å². The molecule has 5 heteroatoms. The van der Waals surface area contributed by atoms with Crippen molar-refractivity contribution < 1.29 is 0 Å². The number of aromatic nitrogens is 4. The first kappa shape index (κ1) is 10.7. The molecule has 0 aliphatic rings. The fourth-order valence-electron chi connectivity index (χ4n) is 1.53. The summed E-state index contributed by atoms with van der Waals surface area (Å²) < 4.78 is 3.78. The molecule has 1 unspecified atom stereocenters. The van der Waals surface area contributed by atoms with Crippen LogP contribution in [0.4, 0.5) is 5.82 Å². The molecule has 0 saturated carbocycles. The van der Waals surface area contributed by atoms with E-state index in [1.54, 1.807) is 10.7 Å². The van der Waals surface area contributed by atoms with Gasteiger partial charge in [-0.1, -0.05) is 6.92 Å². The molecule has 0 aromatic carbocycles. The summed E-state index contributed by atoms with van der Waals surface area (Å²) in [6.07, 6.45) is 4.95. The predicted molar refractivity (Wildman–Crippen MR) is 63.0 cm³/mol. The summed E-state index contributed by atoms with van der Waals surface area (Å²) in [5, 5.41) is 8.63. The van der Waals surface area contributed by atoms with Gasteiger partial charge in [0.25, 0.3) is 0 Å². The summed E-state index contributed by atoms with van der Waals surface area (Å²) in [5.74, 6) is 0.543. The Bertz CT molecular complexity index is 456. The quantitative estimate of drug-likeness (QED) is 0.851. The van der Waals surface area contributed by atoms with Gasteiger partial charge in [-0.3, -0.25) is 9.36 Å². The molecule has 0 saturated heterocycles. The SMILES string of the molecule is CCC(C)n1ccc(Cn2ccc(N)n2)n1. The lowest BCUT2D eigenvalue weighted by Crippen LogP contribution is -2.07. The highest BCUT2D eigenvalue weighted by atomic mass is 15.3. The van der Waals surface area contributed by atoms with Crippen molar-refractivity contribution >= 4 is 5.82 Å². The van der Waals surface area contributed by atoms with Gasteiger partial charge in [0.1, 0.15) is 5.82 Å². The summed E-state index contributed by atoms with van der Waals surface area (Å²) in [7, 11) is 0. The van der Waals surface area contributed by atoms with Crippen LogP contribution in [0.5, 0.6) is 0 Å². The first-order chi connectivity index (χ1) is 7.69. The lowest BCUT2D eigenvalue weighted by Gasteiger charge is -2.08. The zero-order chi connectivity index (χ0) is 11.5. The van der Waals surface area contributed by atoms with Gasteiger partial charge in [0.05, 0.1) is 12.2 Å². The molecule has 5 nitrogen and oxygen atoms in total. The third-order valence-corrected chi connectivity index (χ3v) is 2.69. The number of rotatable bonds is 4. The van der Waals surface area contributed by atoms with Crippen LogP contribution in [0.15, 0.2) is 24.5 Å². The second kappa shape index (κ2) is 4.38. The summed E-state index contributed by atoms with van der Waals surface area (Å²) in [4.78, 5) is 0. The Morgan fingerprint density at radius 2 is 2.12 bits per heavy atom. The Morgan fingerprint density at radius 3 is 2.75 bits per heavy atom. The standard InChI is InChI=1S/C11H17N5/c1-3-9(2)16-7-4-10(13-16)8-15-6-5-11(12)14-15/h4-7,9H,3,8H2,1-2H3,(H2,12,14). The molecular weight excluding hydrogens is 202 g/mol. The van der Waals surface area contributed by atoms with E-state index < -0.39 is 0 Å². The summed E-state index contributed by atoms with van der Waals surface area (Å²) in [5.41, 5.74) is 6.55. The van der Waals surface area contributed by atoms with E-state index in [1.165, 1.54) is 0 Å². The van der Waals surface area contributed by atoms with E-state index in [0.717, 1.165) is 12.1 Å². The minimum absolute atomic E-state index is 0.441. The lowest BCUT2D eigenvalue weighted by molar-refractivity contribution is 0.471. The molecule has 0 bridgehead atoms. The molecule has 0 fully saturated rings. The topological polar surface area (TPSA) is 61.7 Å². The number of nitrogen functional groups attached to an aromatic ring is 1. The number of hydrogen-bond donors (Lipinski definition) is 1. The fourth-order valence-corrected chi connectivity index (χ4v) is 1.53. The Hall–Kier alpha value is -1.78. The molecule has 1 atom stereocenters. The zero-order valence-corrected chi connectivity index (χ0v) is 9.67. The third-order valence-electron chi connectivity index (χ3n) is 2.69. The molecule has 86 valence electrons. The highest BCUT2D eigenvalue weighted by Gasteiger charge is 2.05. The number of nitrogens with zero attached hydrogens (tertiary/aromatic N) is 4. The van der Waals surface area contributed by atoms with Crippen LogP contribution in [0, 0.1) is 0 Å². The monoisotopic (exact) mass is 219 g/mol. The van der Waals surface area contributed by atoms with Gasteiger partial charge in [0.15, 0.2) is 0 Å². The summed E-state index contributed by atoms with van der Waals surface area (Å²) in [6, 6.07) is 4.24. The fraction of sp³-hybridized carbons (Fsp3) is 0.455. The van der Waals surface area contributed by atoms with E-state index in [1.807, 2.05) is 23.1 Å². The molecule has 0 aliphatic heterocycles. The average molecular weight is 219 g/mol. The summed E-state index contributed by atoms with van der Waals surface area (Å²) >= 11 is 0. The molecular formula is C11H17N5. The van der Waals surface area contributed by atoms with Gasteiger partial charge in [0, 0.05) is 18.4 Å². The van der Waals surface area contributed by atoms with Crippen molar-refractivity contribution in [2.45, 2.75) is 32.9 Å². The van der Waals surface area contributed by atoms with Crippen molar-refractivity contribution in [3.05, 3.63) is 30.2 Å². The van der Waals surface area contributed by atoms with Crippen LogP contribution in [-0.2, 0) is 6.54 Å². The van der Waals surface area contributed by atoms with Crippen molar-refractivity contribution in [1.82, 2.24) is 19.6 Å². The van der Waals surface area contributed by atoms with E-state index in [0.29, 0.717) is 18.4 Å². The molecule has 0 amide bonds. The maximum atomic E-state index is 5.55. The van der Waals surface area contributed by atoms with Crippen LogP contribution < -0.4 is 5.73 Å². The van der Waals surface area contributed by atoms with Crippen molar-refractivity contribution in [3.8, 4) is 0 Å². The molecule has 0 radical (unpaired) electrons. The van der Waals surface area contributed by atoms with Crippen molar-refractivity contribution in [1.29, 1.82) is 0 Å². The minimum atomic E-state index is 0.441. The molecule has 0 spiro atoms. The average Bonchev–Trinajstić information content (AvgIpc) is 2.87. The van der Waals surface area contributed by atoms with Crippen LogP contribution in [0.1, 0.15) is 32.0 Å². The van der Waals surface area contributed by atoms with Gasteiger partial charge in [-0.15, -0.1) is 0 Å². The largest absolute Gasteiger partial charge is 0.382 e. The first-order valence-electron chi connectivity index (χ1n) is 5.52. The maximum absolute atomic E-state index is 5.55. The van der Waals surface area contributed by atoms with E-state index in [4.69, 9.17) is 5.73 Å². The second-order valence-corrected chi connectivity index (χ2v) is 3.98. The molecule has 2 rings (SSSR count). The molecule has 2 heterocycles. The van der Waals surface area contributed by atoms with Gasteiger partial charge >= 0.3 is 0 Å². The van der Waals surface area contributed by atoms with Crippen molar-refractivity contribution in [2.75, 3.05) is 5.73 Å². The van der Waals surface area contributed by atoms with Crippen LogP contribution in [0.3, 0.4) is 0 Å². The van der Waals surface area contributed by atoms with E-state index >= 15 is 0 Å². The Balaban J connectivity index is 2.08. The van der Waals surface area contributed by atoms with Crippen LogP contribution in [0.2, 0.25) is 0 Å². The minimum Gasteiger partial charge on any atom is -0.382 e. The second-order valence-electron chi connectivity index (χ2n) is 3.98. The van der Waals surface area contributed by atoms with Gasteiger partial charge in [-0.25, -0.2) is 0 Å². The van der Waals surface area contributed by atoms with Crippen LogP contribution in [-0.4, -0.2) is 19.6 Å².